The number of benzene rings is 2. The molecule has 0 saturated heterocycles. The van der Waals surface area contributed by atoms with Gasteiger partial charge in [0.1, 0.15) is 5.82 Å². The van der Waals surface area contributed by atoms with E-state index in [0.29, 0.717) is 11.5 Å². The second kappa shape index (κ2) is 9.56. The summed E-state index contributed by atoms with van der Waals surface area (Å²) in [6, 6.07) is 17.3. The summed E-state index contributed by atoms with van der Waals surface area (Å²) < 4.78 is 20.1. The second-order valence-electron chi connectivity index (χ2n) is 7.91. The van der Waals surface area contributed by atoms with E-state index < -0.39 is 12.6 Å². The number of nitrogens with zero attached hydrogens (tertiary/aromatic N) is 3. The Morgan fingerprint density at radius 1 is 1.12 bits per heavy atom. The molecule has 1 N–H and O–H groups in total. The molecule has 7 nitrogen and oxygen atoms in total. The highest BCUT2D eigenvalue weighted by Gasteiger charge is 2.24. The van der Waals surface area contributed by atoms with E-state index in [1.165, 1.54) is 33.7 Å². The number of thiophene rings is 1. The first-order valence-electron chi connectivity index (χ1n) is 10.9. The lowest BCUT2D eigenvalue weighted by Crippen LogP contribution is -2.34. The Balaban J connectivity index is 1.29. The molecule has 34 heavy (non-hydrogen) atoms. The molecule has 0 radical (unpaired) electrons. The van der Waals surface area contributed by atoms with Crippen molar-refractivity contribution in [3.63, 3.8) is 0 Å². The Morgan fingerprint density at radius 2 is 1.94 bits per heavy atom. The first-order chi connectivity index (χ1) is 16.6. The van der Waals surface area contributed by atoms with Crippen molar-refractivity contribution in [2.45, 2.75) is 25.3 Å². The van der Waals surface area contributed by atoms with Crippen LogP contribution in [0.25, 0.3) is 16.4 Å². The predicted molar refractivity (Wildman–Crippen MR) is 125 cm³/mol. The molecule has 1 unspecified atom stereocenters. The fourth-order valence-corrected chi connectivity index (χ4v) is 4.76. The van der Waals surface area contributed by atoms with E-state index in [1.807, 2.05) is 35.7 Å². The fourth-order valence-electron chi connectivity index (χ4n) is 4.06. The lowest BCUT2D eigenvalue weighted by atomic mass is 9.88. The Bertz CT molecular complexity index is 1320. The summed E-state index contributed by atoms with van der Waals surface area (Å²) >= 11 is 1.43. The number of carbonyl (C=O) groups excluding carboxylic acids is 2. The highest BCUT2D eigenvalue weighted by molar-refractivity contribution is 7.13. The van der Waals surface area contributed by atoms with Crippen LogP contribution >= 0.6 is 11.3 Å². The Labute approximate surface area is 199 Å². The summed E-state index contributed by atoms with van der Waals surface area (Å²) in [6.45, 7) is -0.434. The first-order valence-corrected chi connectivity index (χ1v) is 11.8. The second-order valence-corrected chi connectivity index (χ2v) is 8.86. The van der Waals surface area contributed by atoms with E-state index in [0.717, 1.165) is 29.7 Å². The standard InChI is InChI=1S/C25H21FN4O3S/c26-17-10-12-18(13-11-17)30-24(21-9-4-14-34-21)28-23(29-30)25(32)33-15-22(31)27-20-8-3-6-16-5-1-2-7-19(16)20/h1-2,4-5,7,9-14,20H,3,6,8,15H2,(H,27,31). The third kappa shape index (κ3) is 4.60. The van der Waals surface area contributed by atoms with Crippen LogP contribution < -0.4 is 5.32 Å². The highest BCUT2D eigenvalue weighted by atomic mass is 32.1. The summed E-state index contributed by atoms with van der Waals surface area (Å²) in [5, 5.41) is 9.11. The minimum absolute atomic E-state index is 0.0996. The topological polar surface area (TPSA) is 86.1 Å². The van der Waals surface area contributed by atoms with Crippen molar-refractivity contribution >= 4 is 23.2 Å². The molecule has 1 aliphatic rings. The van der Waals surface area contributed by atoms with Crippen molar-refractivity contribution in [1.82, 2.24) is 20.1 Å². The van der Waals surface area contributed by atoms with Gasteiger partial charge in [-0.25, -0.2) is 13.9 Å². The van der Waals surface area contributed by atoms with Crippen LogP contribution in [0.1, 0.15) is 40.6 Å². The van der Waals surface area contributed by atoms with Crippen molar-refractivity contribution < 1.29 is 18.7 Å². The van der Waals surface area contributed by atoms with Crippen LogP contribution in [0.5, 0.6) is 0 Å². The Kier molecular flexibility index (Phi) is 6.18. The molecule has 2 aromatic carbocycles. The van der Waals surface area contributed by atoms with Gasteiger partial charge in [-0.3, -0.25) is 4.79 Å². The molecule has 1 amide bonds. The van der Waals surface area contributed by atoms with E-state index in [-0.39, 0.29) is 23.6 Å². The monoisotopic (exact) mass is 476 g/mol. The number of halogens is 1. The van der Waals surface area contributed by atoms with Crippen LogP contribution in [0.4, 0.5) is 4.39 Å². The van der Waals surface area contributed by atoms with E-state index in [4.69, 9.17) is 4.74 Å². The van der Waals surface area contributed by atoms with Gasteiger partial charge in [-0.2, -0.15) is 4.98 Å². The van der Waals surface area contributed by atoms with Crippen LogP contribution in [-0.2, 0) is 16.0 Å². The zero-order valence-electron chi connectivity index (χ0n) is 18.1. The molecule has 0 fully saturated rings. The fraction of sp³-hybridized carbons (Fsp3) is 0.200. The zero-order chi connectivity index (χ0) is 23.5. The Morgan fingerprint density at radius 3 is 2.74 bits per heavy atom. The van der Waals surface area contributed by atoms with Gasteiger partial charge < -0.3 is 10.1 Å². The van der Waals surface area contributed by atoms with Crippen LogP contribution in [-0.4, -0.2) is 33.2 Å². The molecule has 0 aliphatic heterocycles. The van der Waals surface area contributed by atoms with E-state index >= 15 is 0 Å². The molecule has 1 aliphatic carbocycles. The summed E-state index contributed by atoms with van der Waals surface area (Å²) in [5.41, 5.74) is 2.88. The van der Waals surface area contributed by atoms with Crippen molar-refractivity contribution in [3.05, 3.63) is 88.8 Å². The van der Waals surface area contributed by atoms with Crippen molar-refractivity contribution in [3.8, 4) is 16.4 Å². The van der Waals surface area contributed by atoms with Crippen LogP contribution in [0.15, 0.2) is 66.0 Å². The number of ether oxygens (including phenoxy) is 1. The van der Waals surface area contributed by atoms with Crippen LogP contribution in [0, 0.1) is 5.82 Å². The third-order valence-electron chi connectivity index (χ3n) is 5.64. The van der Waals surface area contributed by atoms with Gasteiger partial charge in [0, 0.05) is 0 Å². The lowest BCUT2D eigenvalue weighted by molar-refractivity contribution is -0.125. The number of rotatable bonds is 6. The number of esters is 1. The number of aromatic nitrogens is 3. The SMILES string of the molecule is O=C(COC(=O)c1nc(-c2cccs2)n(-c2ccc(F)cc2)n1)NC1CCCc2ccccc21. The maximum absolute atomic E-state index is 13.4. The number of hydrogen-bond donors (Lipinski definition) is 1. The first kappa shape index (κ1) is 22.0. The molecular formula is C25H21FN4O3S. The third-order valence-corrected chi connectivity index (χ3v) is 6.51. The molecule has 0 spiro atoms. The molecule has 2 aromatic heterocycles. The zero-order valence-corrected chi connectivity index (χ0v) is 18.9. The van der Waals surface area contributed by atoms with Crippen molar-refractivity contribution in [1.29, 1.82) is 0 Å². The summed E-state index contributed by atoms with van der Waals surface area (Å²) in [6.07, 6.45) is 2.81. The molecule has 2 heterocycles. The summed E-state index contributed by atoms with van der Waals surface area (Å²) in [4.78, 5) is 30.3. The van der Waals surface area contributed by atoms with Crippen LogP contribution in [0.3, 0.4) is 0 Å². The minimum atomic E-state index is -0.808. The van der Waals surface area contributed by atoms with E-state index in [9.17, 15) is 14.0 Å². The van der Waals surface area contributed by atoms with Crippen molar-refractivity contribution in [2.24, 2.45) is 0 Å². The molecule has 172 valence electrons. The van der Waals surface area contributed by atoms with Gasteiger partial charge >= 0.3 is 5.97 Å². The highest BCUT2D eigenvalue weighted by Crippen LogP contribution is 2.29. The maximum atomic E-state index is 13.4. The van der Waals surface area contributed by atoms with Gasteiger partial charge in [0.15, 0.2) is 12.4 Å². The normalized spacial score (nSPS) is 14.9. The average Bonchev–Trinajstić information content (AvgIpc) is 3.54. The van der Waals surface area contributed by atoms with Crippen molar-refractivity contribution in [2.75, 3.05) is 6.61 Å². The number of fused-ring (bicyclic) bond motifs is 1. The predicted octanol–water partition coefficient (Wildman–Crippen LogP) is 4.49. The largest absolute Gasteiger partial charge is 0.450 e. The molecule has 5 rings (SSSR count). The van der Waals surface area contributed by atoms with Gasteiger partial charge in [0.25, 0.3) is 11.7 Å². The van der Waals surface area contributed by atoms with E-state index in [1.54, 1.807) is 12.1 Å². The number of hydrogen-bond acceptors (Lipinski definition) is 6. The Hall–Kier alpha value is -3.85. The number of aryl methyl sites for hydroxylation is 1. The van der Waals surface area contributed by atoms with Gasteiger partial charge in [-0.05, 0) is 66.1 Å². The van der Waals surface area contributed by atoms with Gasteiger partial charge in [0.05, 0.1) is 16.6 Å². The van der Waals surface area contributed by atoms with Gasteiger partial charge in [-0.1, -0.05) is 30.3 Å². The number of amides is 1. The van der Waals surface area contributed by atoms with Gasteiger partial charge in [-0.15, -0.1) is 16.4 Å². The molecule has 0 saturated carbocycles. The summed E-state index contributed by atoms with van der Waals surface area (Å²) in [5.74, 6) is -1.32. The average molecular weight is 477 g/mol. The lowest BCUT2D eigenvalue weighted by Gasteiger charge is -2.26. The molecule has 0 bridgehead atoms. The molecular weight excluding hydrogens is 455 g/mol. The molecule has 1 atom stereocenters. The summed E-state index contributed by atoms with van der Waals surface area (Å²) in [7, 11) is 0. The maximum Gasteiger partial charge on any atom is 0.378 e. The smallest absolute Gasteiger partial charge is 0.378 e. The van der Waals surface area contributed by atoms with Crippen LogP contribution in [0.2, 0.25) is 0 Å². The quantitative estimate of drug-likeness (QED) is 0.415. The molecule has 4 aromatic rings. The molecule has 9 heteroatoms. The number of nitrogens with one attached hydrogen (secondary N) is 1. The van der Waals surface area contributed by atoms with Gasteiger partial charge in [0.2, 0.25) is 0 Å². The van der Waals surface area contributed by atoms with E-state index in [2.05, 4.69) is 21.5 Å². The minimum Gasteiger partial charge on any atom is -0.450 e. The number of carbonyl (C=O) groups is 2.